The number of benzene rings is 1. The molecule has 0 aliphatic rings. The summed E-state index contributed by atoms with van der Waals surface area (Å²) in [7, 11) is 3.46. The molecule has 2 rings (SSSR count). The fourth-order valence-corrected chi connectivity index (χ4v) is 1.76. The highest BCUT2D eigenvalue weighted by molar-refractivity contribution is 5.96. The van der Waals surface area contributed by atoms with E-state index in [9.17, 15) is 4.79 Å². The van der Waals surface area contributed by atoms with E-state index in [-0.39, 0.29) is 12.3 Å². The fourth-order valence-electron chi connectivity index (χ4n) is 1.76. The van der Waals surface area contributed by atoms with E-state index in [1.807, 2.05) is 36.2 Å². The Morgan fingerprint density at radius 2 is 2.06 bits per heavy atom. The third-order valence-corrected chi connectivity index (χ3v) is 2.67. The second kappa shape index (κ2) is 5.40. The molecule has 0 unspecified atom stereocenters. The zero-order chi connectivity index (χ0) is 13.0. The number of methoxy groups -OCH3 is 1. The van der Waals surface area contributed by atoms with Gasteiger partial charge in [0.15, 0.2) is 5.76 Å². The average molecular weight is 245 g/mol. The number of carbonyl (C=O) groups is 1. The van der Waals surface area contributed by atoms with Gasteiger partial charge in [-0.1, -0.05) is 12.1 Å². The van der Waals surface area contributed by atoms with E-state index in [0.717, 1.165) is 11.4 Å². The number of anilines is 1. The number of hydrogen-bond donors (Lipinski definition) is 0. The highest BCUT2D eigenvalue weighted by Crippen LogP contribution is 2.26. The molecule has 0 fully saturated rings. The van der Waals surface area contributed by atoms with Crippen LogP contribution in [0.3, 0.4) is 0 Å². The highest BCUT2D eigenvalue weighted by atomic mass is 16.5. The minimum absolute atomic E-state index is 0.0617. The zero-order valence-corrected chi connectivity index (χ0v) is 10.4. The monoisotopic (exact) mass is 245 g/mol. The third-order valence-electron chi connectivity index (χ3n) is 2.67. The van der Waals surface area contributed by atoms with Crippen LogP contribution in [0.1, 0.15) is 10.6 Å². The molecular weight excluding hydrogens is 230 g/mol. The number of para-hydroxylation sites is 2. The molecule has 94 valence electrons. The van der Waals surface area contributed by atoms with Gasteiger partial charge in [0.1, 0.15) is 5.75 Å². The lowest BCUT2D eigenvalue weighted by Gasteiger charge is -2.20. The van der Waals surface area contributed by atoms with Gasteiger partial charge in [0.2, 0.25) is 5.78 Å². The maximum atomic E-state index is 11.9. The van der Waals surface area contributed by atoms with E-state index in [4.69, 9.17) is 9.15 Å². The van der Waals surface area contributed by atoms with Crippen LogP contribution in [-0.2, 0) is 0 Å². The lowest BCUT2D eigenvalue weighted by atomic mass is 10.2. The van der Waals surface area contributed by atoms with Crippen molar-refractivity contribution in [1.29, 1.82) is 0 Å². The summed E-state index contributed by atoms with van der Waals surface area (Å²) >= 11 is 0. The van der Waals surface area contributed by atoms with Crippen molar-refractivity contribution in [3.05, 3.63) is 48.4 Å². The SMILES string of the molecule is COc1ccccc1N(C)CC(=O)c1ccco1. The van der Waals surface area contributed by atoms with E-state index in [2.05, 4.69) is 0 Å². The minimum atomic E-state index is -0.0617. The number of ether oxygens (including phenoxy) is 1. The lowest BCUT2D eigenvalue weighted by molar-refractivity contribution is 0.0974. The van der Waals surface area contributed by atoms with E-state index < -0.39 is 0 Å². The van der Waals surface area contributed by atoms with Crippen molar-refractivity contribution in [2.24, 2.45) is 0 Å². The van der Waals surface area contributed by atoms with Gasteiger partial charge in [-0.15, -0.1) is 0 Å². The Labute approximate surface area is 106 Å². The van der Waals surface area contributed by atoms with Crippen molar-refractivity contribution in [1.82, 2.24) is 0 Å². The topological polar surface area (TPSA) is 42.7 Å². The first kappa shape index (κ1) is 12.2. The van der Waals surface area contributed by atoms with Crippen LogP contribution in [0.15, 0.2) is 47.1 Å². The van der Waals surface area contributed by atoms with Crippen molar-refractivity contribution in [2.75, 3.05) is 25.6 Å². The second-order valence-corrected chi connectivity index (χ2v) is 3.93. The maximum absolute atomic E-state index is 11.9. The summed E-state index contributed by atoms with van der Waals surface area (Å²) in [4.78, 5) is 13.7. The van der Waals surface area contributed by atoms with Gasteiger partial charge in [-0.3, -0.25) is 4.79 Å². The maximum Gasteiger partial charge on any atom is 0.217 e. The molecule has 4 nitrogen and oxygen atoms in total. The number of furan rings is 1. The Kier molecular flexibility index (Phi) is 3.67. The van der Waals surface area contributed by atoms with Gasteiger partial charge in [-0.25, -0.2) is 0 Å². The first-order valence-corrected chi connectivity index (χ1v) is 5.63. The van der Waals surface area contributed by atoms with Crippen LogP contribution < -0.4 is 9.64 Å². The van der Waals surface area contributed by atoms with Gasteiger partial charge in [0.05, 0.1) is 25.6 Å². The summed E-state index contributed by atoms with van der Waals surface area (Å²) in [5.41, 5.74) is 0.875. The largest absolute Gasteiger partial charge is 0.495 e. The number of hydrogen-bond acceptors (Lipinski definition) is 4. The zero-order valence-electron chi connectivity index (χ0n) is 10.4. The summed E-state index contributed by atoms with van der Waals surface area (Å²) in [6.45, 7) is 0.244. The number of likely N-dealkylation sites (N-methyl/N-ethyl adjacent to an activating group) is 1. The van der Waals surface area contributed by atoms with Gasteiger partial charge in [-0.05, 0) is 24.3 Å². The highest BCUT2D eigenvalue weighted by Gasteiger charge is 2.14. The summed E-state index contributed by atoms with van der Waals surface area (Å²) in [6, 6.07) is 10.9. The molecule has 0 aliphatic carbocycles. The predicted molar refractivity (Wildman–Crippen MR) is 69.3 cm³/mol. The summed E-state index contributed by atoms with van der Waals surface area (Å²) in [5, 5.41) is 0. The molecule has 0 atom stereocenters. The van der Waals surface area contributed by atoms with Crippen LogP contribution in [0.2, 0.25) is 0 Å². The van der Waals surface area contributed by atoms with Crippen molar-refractivity contribution in [3.63, 3.8) is 0 Å². The Morgan fingerprint density at radius 1 is 1.28 bits per heavy atom. The van der Waals surface area contributed by atoms with Crippen LogP contribution in [0, 0.1) is 0 Å². The lowest BCUT2D eigenvalue weighted by Crippen LogP contribution is -2.25. The number of carbonyl (C=O) groups excluding carboxylic acids is 1. The predicted octanol–water partition coefficient (Wildman–Crippen LogP) is 2.61. The summed E-state index contributed by atoms with van der Waals surface area (Å²) in [5.74, 6) is 1.05. The van der Waals surface area contributed by atoms with E-state index in [1.165, 1.54) is 6.26 Å². The molecule has 0 amide bonds. The smallest absolute Gasteiger partial charge is 0.217 e. The van der Waals surface area contributed by atoms with E-state index in [1.54, 1.807) is 19.2 Å². The van der Waals surface area contributed by atoms with Gasteiger partial charge in [-0.2, -0.15) is 0 Å². The molecule has 0 saturated heterocycles. The molecule has 0 saturated carbocycles. The van der Waals surface area contributed by atoms with Crippen molar-refractivity contribution in [3.8, 4) is 5.75 Å². The molecule has 0 aliphatic heterocycles. The van der Waals surface area contributed by atoms with Crippen LogP contribution >= 0.6 is 0 Å². The van der Waals surface area contributed by atoms with Crippen molar-refractivity contribution in [2.45, 2.75) is 0 Å². The molecule has 1 heterocycles. The molecule has 2 aromatic rings. The number of Topliss-reactive ketones (excluding diaryl/α,β-unsaturated/α-hetero) is 1. The second-order valence-electron chi connectivity index (χ2n) is 3.93. The van der Waals surface area contributed by atoms with Gasteiger partial charge in [0.25, 0.3) is 0 Å². The molecule has 1 aromatic carbocycles. The molecule has 1 aromatic heterocycles. The molecular formula is C14H15NO3. The first-order chi connectivity index (χ1) is 8.72. The normalized spacial score (nSPS) is 10.1. The van der Waals surface area contributed by atoms with Crippen LogP contribution in [0.25, 0.3) is 0 Å². The minimum Gasteiger partial charge on any atom is -0.495 e. The Hall–Kier alpha value is -2.23. The fraction of sp³-hybridized carbons (Fsp3) is 0.214. The molecule has 0 radical (unpaired) electrons. The van der Waals surface area contributed by atoms with Crippen molar-refractivity contribution >= 4 is 11.5 Å². The average Bonchev–Trinajstić information content (AvgIpc) is 2.92. The van der Waals surface area contributed by atoms with Crippen LogP contribution in [0.4, 0.5) is 5.69 Å². The molecule has 0 spiro atoms. The number of nitrogens with zero attached hydrogens (tertiary/aromatic N) is 1. The summed E-state index contributed by atoms with van der Waals surface area (Å²) < 4.78 is 10.3. The van der Waals surface area contributed by atoms with Gasteiger partial charge >= 0.3 is 0 Å². The third kappa shape index (κ3) is 2.53. The van der Waals surface area contributed by atoms with Crippen LogP contribution in [-0.4, -0.2) is 26.5 Å². The molecule has 18 heavy (non-hydrogen) atoms. The number of ketones is 1. The number of rotatable bonds is 5. The molecule has 0 bridgehead atoms. The summed E-state index contributed by atoms with van der Waals surface area (Å²) in [6.07, 6.45) is 1.50. The first-order valence-electron chi connectivity index (χ1n) is 5.63. The quantitative estimate of drug-likeness (QED) is 0.759. The van der Waals surface area contributed by atoms with Crippen molar-refractivity contribution < 1.29 is 13.9 Å². The van der Waals surface area contributed by atoms with Gasteiger partial charge < -0.3 is 14.1 Å². The van der Waals surface area contributed by atoms with E-state index >= 15 is 0 Å². The Bertz CT molecular complexity index is 520. The molecule has 4 heteroatoms. The van der Waals surface area contributed by atoms with E-state index in [0.29, 0.717) is 5.76 Å². The Morgan fingerprint density at radius 3 is 2.72 bits per heavy atom. The Balaban J connectivity index is 2.12. The molecule has 0 N–H and O–H groups in total. The standard InChI is InChI=1S/C14H15NO3/c1-15(10-12(16)14-8-5-9-18-14)11-6-3-4-7-13(11)17-2/h3-9H,10H2,1-2H3. The van der Waals surface area contributed by atoms with Gasteiger partial charge in [0, 0.05) is 7.05 Å². The van der Waals surface area contributed by atoms with Crippen LogP contribution in [0.5, 0.6) is 5.75 Å².